The van der Waals surface area contributed by atoms with Crippen molar-refractivity contribution in [3.8, 4) is 0 Å². The van der Waals surface area contributed by atoms with Crippen LogP contribution >= 0.6 is 0 Å². The Labute approximate surface area is 84.1 Å². The van der Waals surface area contributed by atoms with Crippen LogP contribution in [0.25, 0.3) is 0 Å². The summed E-state index contributed by atoms with van der Waals surface area (Å²) in [7, 11) is 0. The maximum Gasteiger partial charge on any atom is 0.243 e. The van der Waals surface area contributed by atoms with E-state index < -0.39 is 0 Å². The lowest BCUT2D eigenvalue weighted by Crippen LogP contribution is -2.40. The predicted octanol–water partition coefficient (Wildman–Crippen LogP) is 0.638. The minimum Gasteiger partial charge on any atom is -0.351 e. The van der Waals surface area contributed by atoms with E-state index in [0.29, 0.717) is 12.5 Å². The molecule has 0 bridgehead atoms. The average molecular weight is 195 g/mol. The molecule has 1 rings (SSSR count). The summed E-state index contributed by atoms with van der Waals surface area (Å²) in [6.07, 6.45) is 0. The molecule has 0 aromatic carbocycles. The van der Waals surface area contributed by atoms with Crippen molar-refractivity contribution in [1.29, 1.82) is 0 Å². The normalized spacial score (nSPS) is 11.5. The number of hydrogen-bond acceptors (Lipinski definition) is 5. The minimum absolute atomic E-state index is 0.276. The molecule has 0 aliphatic heterocycles. The number of aryl methyl sites for hydroxylation is 2. The van der Waals surface area contributed by atoms with Crippen LogP contribution in [-0.2, 0) is 0 Å². The molecule has 0 amide bonds. The third-order valence-electron chi connectivity index (χ3n) is 1.79. The van der Waals surface area contributed by atoms with E-state index in [4.69, 9.17) is 5.73 Å². The van der Waals surface area contributed by atoms with Crippen molar-refractivity contribution >= 4 is 5.95 Å². The summed E-state index contributed by atoms with van der Waals surface area (Å²) in [6.45, 7) is 8.29. The number of anilines is 1. The Morgan fingerprint density at radius 1 is 1.21 bits per heavy atom. The lowest BCUT2D eigenvalue weighted by molar-refractivity contribution is 0.546. The van der Waals surface area contributed by atoms with Crippen LogP contribution in [0, 0.1) is 13.8 Å². The van der Waals surface area contributed by atoms with Crippen LogP contribution in [0.4, 0.5) is 5.95 Å². The molecule has 0 spiro atoms. The summed E-state index contributed by atoms with van der Waals surface area (Å²) < 4.78 is 0. The van der Waals surface area contributed by atoms with Crippen LogP contribution < -0.4 is 11.1 Å². The zero-order valence-electron chi connectivity index (χ0n) is 9.13. The first kappa shape index (κ1) is 10.8. The molecule has 0 aliphatic carbocycles. The molecule has 0 aliphatic rings. The summed E-state index contributed by atoms with van der Waals surface area (Å²) in [5.74, 6) is 0.534. The summed E-state index contributed by atoms with van der Waals surface area (Å²) in [5.41, 5.74) is 7.27. The molecule has 0 atom stereocenters. The van der Waals surface area contributed by atoms with E-state index in [1.807, 2.05) is 27.7 Å². The summed E-state index contributed by atoms with van der Waals surface area (Å²) in [4.78, 5) is 4.24. The number of nitrogens with two attached hydrogens (primary N) is 1. The monoisotopic (exact) mass is 195 g/mol. The molecule has 0 fully saturated rings. The molecule has 0 saturated heterocycles. The predicted molar refractivity (Wildman–Crippen MR) is 56.1 cm³/mol. The molecule has 5 heteroatoms. The Balaban J connectivity index is 2.65. The van der Waals surface area contributed by atoms with Crippen LogP contribution in [0.3, 0.4) is 0 Å². The molecule has 5 nitrogen and oxygen atoms in total. The maximum atomic E-state index is 5.81. The summed E-state index contributed by atoms with van der Waals surface area (Å²) in [5, 5.41) is 10.9. The number of nitrogens with one attached hydrogen (secondary N) is 1. The van der Waals surface area contributed by atoms with Gasteiger partial charge in [-0.2, -0.15) is 5.10 Å². The molecule has 78 valence electrons. The van der Waals surface area contributed by atoms with E-state index >= 15 is 0 Å². The first-order valence-electron chi connectivity index (χ1n) is 4.59. The van der Waals surface area contributed by atoms with Gasteiger partial charge in [-0.15, -0.1) is 5.10 Å². The van der Waals surface area contributed by atoms with Gasteiger partial charge in [0.25, 0.3) is 0 Å². The van der Waals surface area contributed by atoms with Crippen molar-refractivity contribution < 1.29 is 0 Å². The fraction of sp³-hybridized carbons (Fsp3) is 0.667. The van der Waals surface area contributed by atoms with Crippen molar-refractivity contribution in [1.82, 2.24) is 15.2 Å². The van der Waals surface area contributed by atoms with Crippen molar-refractivity contribution in [3.05, 3.63) is 11.4 Å². The van der Waals surface area contributed by atoms with Crippen molar-refractivity contribution in [2.24, 2.45) is 5.73 Å². The summed E-state index contributed by atoms with van der Waals surface area (Å²) >= 11 is 0. The zero-order chi connectivity index (χ0) is 10.8. The van der Waals surface area contributed by atoms with Gasteiger partial charge in [0.15, 0.2) is 0 Å². The van der Waals surface area contributed by atoms with Crippen molar-refractivity contribution in [3.63, 3.8) is 0 Å². The van der Waals surface area contributed by atoms with Gasteiger partial charge in [-0.3, -0.25) is 0 Å². The van der Waals surface area contributed by atoms with E-state index in [1.165, 1.54) is 0 Å². The van der Waals surface area contributed by atoms with E-state index in [1.54, 1.807) is 0 Å². The van der Waals surface area contributed by atoms with Gasteiger partial charge in [0, 0.05) is 12.1 Å². The van der Waals surface area contributed by atoms with Crippen LogP contribution in [0.5, 0.6) is 0 Å². The number of hydrogen-bond donors (Lipinski definition) is 2. The van der Waals surface area contributed by atoms with Gasteiger partial charge < -0.3 is 11.1 Å². The van der Waals surface area contributed by atoms with Crippen LogP contribution in [0.2, 0.25) is 0 Å². The van der Waals surface area contributed by atoms with Gasteiger partial charge in [-0.25, -0.2) is 4.98 Å². The van der Waals surface area contributed by atoms with Gasteiger partial charge in [-0.05, 0) is 27.7 Å². The molecule has 1 aromatic rings. The number of rotatable bonds is 3. The lowest BCUT2D eigenvalue weighted by Gasteiger charge is -2.18. The smallest absolute Gasteiger partial charge is 0.243 e. The highest BCUT2D eigenvalue weighted by atomic mass is 15.2. The van der Waals surface area contributed by atoms with Crippen LogP contribution in [-0.4, -0.2) is 27.3 Å². The largest absolute Gasteiger partial charge is 0.351 e. The van der Waals surface area contributed by atoms with Crippen LogP contribution in [0.1, 0.15) is 25.2 Å². The second-order valence-electron chi connectivity index (χ2n) is 4.15. The number of nitrogens with zero attached hydrogens (tertiary/aromatic N) is 3. The molecular formula is C9H17N5. The Hall–Kier alpha value is -1.23. The van der Waals surface area contributed by atoms with Gasteiger partial charge in [0.2, 0.25) is 5.95 Å². The first-order valence-corrected chi connectivity index (χ1v) is 4.59. The quantitative estimate of drug-likeness (QED) is 0.740. The van der Waals surface area contributed by atoms with Crippen molar-refractivity contribution in [2.45, 2.75) is 33.2 Å². The Kier molecular flexibility index (Phi) is 3.00. The van der Waals surface area contributed by atoms with Gasteiger partial charge in [0.1, 0.15) is 0 Å². The standard InChI is InChI=1S/C9H17N5/c1-6-7(2)13-14-8(12-6)11-5-9(3,4)10/h5,10H2,1-4H3,(H,11,12,14). The molecule has 14 heavy (non-hydrogen) atoms. The number of aromatic nitrogens is 3. The fourth-order valence-corrected chi connectivity index (χ4v) is 0.839. The van der Waals surface area contributed by atoms with Gasteiger partial charge in [-0.1, -0.05) is 0 Å². The van der Waals surface area contributed by atoms with E-state index in [0.717, 1.165) is 11.4 Å². The molecular weight excluding hydrogens is 178 g/mol. The molecule has 1 heterocycles. The third kappa shape index (κ3) is 3.26. The molecule has 0 unspecified atom stereocenters. The van der Waals surface area contributed by atoms with E-state index in [2.05, 4.69) is 20.5 Å². The molecule has 0 saturated carbocycles. The minimum atomic E-state index is -0.276. The molecule has 3 N–H and O–H groups in total. The second kappa shape index (κ2) is 3.88. The van der Waals surface area contributed by atoms with Gasteiger partial charge in [0.05, 0.1) is 11.4 Å². The maximum absolute atomic E-state index is 5.81. The van der Waals surface area contributed by atoms with Gasteiger partial charge >= 0.3 is 0 Å². The van der Waals surface area contributed by atoms with E-state index in [-0.39, 0.29) is 5.54 Å². The van der Waals surface area contributed by atoms with E-state index in [9.17, 15) is 0 Å². The Bertz CT molecular complexity index is 315. The highest BCUT2D eigenvalue weighted by Crippen LogP contribution is 2.03. The SMILES string of the molecule is Cc1nnc(NCC(C)(C)N)nc1C. The molecule has 0 radical (unpaired) electrons. The zero-order valence-corrected chi connectivity index (χ0v) is 9.13. The second-order valence-corrected chi connectivity index (χ2v) is 4.15. The highest BCUT2D eigenvalue weighted by Gasteiger charge is 2.11. The molecule has 1 aromatic heterocycles. The third-order valence-corrected chi connectivity index (χ3v) is 1.79. The summed E-state index contributed by atoms with van der Waals surface area (Å²) in [6, 6.07) is 0. The lowest BCUT2D eigenvalue weighted by atomic mass is 10.1. The fourth-order valence-electron chi connectivity index (χ4n) is 0.839. The topological polar surface area (TPSA) is 76.7 Å². The first-order chi connectivity index (χ1) is 6.38. The highest BCUT2D eigenvalue weighted by molar-refractivity contribution is 5.25. The Morgan fingerprint density at radius 3 is 2.36 bits per heavy atom. The van der Waals surface area contributed by atoms with Crippen LogP contribution in [0.15, 0.2) is 0 Å². The Morgan fingerprint density at radius 2 is 1.86 bits per heavy atom. The van der Waals surface area contributed by atoms with Crippen molar-refractivity contribution in [2.75, 3.05) is 11.9 Å². The average Bonchev–Trinajstić information content (AvgIpc) is 2.06.